The number of fused-ring (bicyclic) bond motifs is 1. The Morgan fingerprint density at radius 2 is 2.00 bits per heavy atom. The molecule has 0 aliphatic carbocycles. The van der Waals surface area contributed by atoms with Gasteiger partial charge in [0.2, 0.25) is 5.91 Å². The first kappa shape index (κ1) is 17.3. The highest BCUT2D eigenvalue weighted by Crippen LogP contribution is 2.41. The molecule has 4 rings (SSSR count). The van der Waals surface area contributed by atoms with Crippen LogP contribution in [-0.4, -0.2) is 21.6 Å². The first-order valence-corrected chi connectivity index (χ1v) is 8.61. The summed E-state index contributed by atoms with van der Waals surface area (Å²) in [6.45, 7) is 0. The molecule has 2 aromatic carbocycles. The van der Waals surface area contributed by atoms with Crippen LogP contribution in [0.4, 0.5) is 10.1 Å². The second kappa shape index (κ2) is 6.55. The molecular formula is C20H14ClFN2O3. The average Bonchev–Trinajstić information content (AvgIpc) is 3.00. The minimum atomic E-state index is -1.16. The Balaban J connectivity index is 1.99. The predicted molar refractivity (Wildman–Crippen MR) is 99.2 cm³/mol. The van der Waals surface area contributed by atoms with Crippen LogP contribution in [0.25, 0.3) is 5.69 Å². The van der Waals surface area contributed by atoms with E-state index in [1.807, 2.05) is 0 Å². The van der Waals surface area contributed by atoms with E-state index in [0.717, 1.165) is 0 Å². The molecule has 0 saturated carbocycles. The molecule has 1 aliphatic rings. The Hall–Kier alpha value is -3.12. The standard InChI is InChI=1S/C20H14ClFN2O3/c21-12-4-2-6-14(8-12)24-10-16(20(26)27)18-19(24)15(9-17(25)23-18)11-3-1-5-13(22)7-11/h1-8,10,15H,9H2,(H,23,25)(H,26,27). The molecule has 0 saturated heterocycles. The maximum atomic E-state index is 13.8. The Kier molecular flexibility index (Phi) is 4.20. The molecule has 1 atom stereocenters. The summed E-state index contributed by atoms with van der Waals surface area (Å²) in [5.41, 5.74) is 2.04. The van der Waals surface area contributed by atoms with Crippen molar-refractivity contribution >= 4 is 29.2 Å². The van der Waals surface area contributed by atoms with Gasteiger partial charge in [0.25, 0.3) is 0 Å². The molecule has 1 aromatic heterocycles. The fourth-order valence-electron chi connectivity index (χ4n) is 3.47. The van der Waals surface area contributed by atoms with E-state index in [-0.39, 0.29) is 23.6 Å². The minimum Gasteiger partial charge on any atom is -0.478 e. The number of carbonyl (C=O) groups excluding carboxylic acids is 1. The highest BCUT2D eigenvalue weighted by molar-refractivity contribution is 6.30. The molecule has 3 aromatic rings. The summed E-state index contributed by atoms with van der Waals surface area (Å²) >= 11 is 6.10. The molecule has 1 aliphatic heterocycles. The molecule has 0 fully saturated rings. The number of benzene rings is 2. The number of rotatable bonds is 3. The highest BCUT2D eigenvalue weighted by Gasteiger charge is 2.34. The summed E-state index contributed by atoms with van der Waals surface area (Å²) in [6, 6.07) is 12.9. The zero-order chi connectivity index (χ0) is 19.1. The molecule has 27 heavy (non-hydrogen) atoms. The van der Waals surface area contributed by atoms with Crippen LogP contribution in [0.2, 0.25) is 5.02 Å². The maximum Gasteiger partial charge on any atom is 0.339 e. The van der Waals surface area contributed by atoms with Crippen molar-refractivity contribution in [2.75, 3.05) is 5.32 Å². The molecule has 1 unspecified atom stereocenters. The summed E-state index contributed by atoms with van der Waals surface area (Å²) in [5, 5.41) is 12.7. The molecule has 2 N–H and O–H groups in total. The largest absolute Gasteiger partial charge is 0.478 e. The molecular weight excluding hydrogens is 371 g/mol. The quantitative estimate of drug-likeness (QED) is 0.701. The van der Waals surface area contributed by atoms with Gasteiger partial charge in [-0.2, -0.15) is 0 Å². The molecule has 0 spiro atoms. The van der Waals surface area contributed by atoms with Crippen molar-refractivity contribution < 1.29 is 19.1 Å². The van der Waals surface area contributed by atoms with Crippen molar-refractivity contribution in [3.8, 4) is 5.69 Å². The van der Waals surface area contributed by atoms with Gasteiger partial charge in [0, 0.05) is 29.2 Å². The number of aromatic nitrogens is 1. The third-order valence-electron chi connectivity index (χ3n) is 4.60. The number of nitrogens with zero attached hydrogens (tertiary/aromatic N) is 1. The minimum absolute atomic E-state index is 0.0283. The Morgan fingerprint density at radius 1 is 1.22 bits per heavy atom. The van der Waals surface area contributed by atoms with Crippen LogP contribution in [0.1, 0.15) is 34.0 Å². The van der Waals surface area contributed by atoms with Crippen molar-refractivity contribution in [2.45, 2.75) is 12.3 Å². The highest BCUT2D eigenvalue weighted by atomic mass is 35.5. The SMILES string of the molecule is O=C1CC(c2cccc(F)c2)c2c(c(C(=O)O)cn2-c2cccc(Cl)c2)N1. The number of carboxylic acid groups (broad SMARTS) is 1. The zero-order valence-corrected chi connectivity index (χ0v) is 14.7. The maximum absolute atomic E-state index is 13.8. The molecule has 0 radical (unpaired) electrons. The monoisotopic (exact) mass is 384 g/mol. The van der Waals surface area contributed by atoms with Gasteiger partial charge in [0.05, 0.1) is 11.4 Å². The lowest BCUT2D eigenvalue weighted by molar-refractivity contribution is -0.116. The van der Waals surface area contributed by atoms with Crippen molar-refractivity contribution in [1.29, 1.82) is 0 Å². The Bertz CT molecular complexity index is 1080. The molecule has 0 bridgehead atoms. The molecule has 136 valence electrons. The van der Waals surface area contributed by atoms with Gasteiger partial charge in [0.15, 0.2) is 0 Å². The van der Waals surface area contributed by atoms with Crippen molar-refractivity contribution in [3.05, 3.63) is 82.4 Å². The smallest absolute Gasteiger partial charge is 0.339 e. The van der Waals surface area contributed by atoms with Crippen LogP contribution < -0.4 is 5.32 Å². The number of aromatic carboxylic acids is 1. The van der Waals surface area contributed by atoms with Crippen molar-refractivity contribution in [1.82, 2.24) is 4.57 Å². The van der Waals surface area contributed by atoms with Gasteiger partial charge < -0.3 is 15.0 Å². The van der Waals surface area contributed by atoms with E-state index in [2.05, 4.69) is 5.32 Å². The van der Waals surface area contributed by atoms with Gasteiger partial charge >= 0.3 is 5.97 Å². The Morgan fingerprint density at radius 3 is 2.70 bits per heavy atom. The summed E-state index contributed by atoms with van der Waals surface area (Å²) < 4.78 is 15.5. The van der Waals surface area contributed by atoms with Crippen LogP contribution in [0.15, 0.2) is 54.7 Å². The zero-order valence-electron chi connectivity index (χ0n) is 13.9. The third-order valence-corrected chi connectivity index (χ3v) is 4.83. The van der Waals surface area contributed by atoms with E-state index in [1.165, 1.54) is 18.3 Å². The lowest BCUT2D eigenvalue weighted by atomic mass is 9.88. The summed E-state index contributed by atoms with van der Waals surface area (Å²) in [4.78, 5) is 24.0. The van der Waals surface area contributed by atoms with E-state index in [4.69, 9.17) is 11.6 Å². The molecule has 7 heteroatoms. The molecule has 2 heterocycles. The van der Waals surface area contributed by atoms with Crippen LogP contribution in [0.3, 0.4) is 0 Å². The van der Waals surface area contributed by atoms with Gasteiger partial charge in [-0.1, -0.05) is 29.8 Å². The van der Waals surface area contributed by atoms with E-state index in [1.54, 1.807) is 41.0 Å². The number of hydrogen-bond acceptors (Lipinski definition) is 2. The van der Waals surface area contributed by atoms with Gasteiger partial charge in [-0.3, -0.25) is 4.79 Å². The number of anilines is 1. The third kappa shape index (κ3) is 3.08. The van der Waals surface area contributed by atoms with Crippen LogP contribution in [0.5, 0.6) is 0 Å². The second-order valence-corrected chi connectivity index (χ2v) is 6.75. The first-order chi connectivity index (χ1) is 12.9. The number of halogens is 2. The van der Waals surface area contributed by atoms with Gasteiger partial charge in [-0.05, 0) is 35.9 Å². The van der Waals surface area contributed by atoms with Gasteiger partial charge in [0.1, 0.15) is 11.4 Å². The lowest BCUT2D eigenvalue weighted by Gasteiger charge is -2.26. The lowest BCUT2D eigenvalue weighted by Crippen LogP contribution is -2.25. The predicted octanol–water partition coefficient (Wildman–Crippen LogP) is 4.44. The van der Waals surface area contributed by atoms with Crippen LogP contribution in [0, 0.1) is 5.82 Å². The summed E-state index contributed by atoms with van der Waals surface area (Å²) in [5.74, 6) is -2.38. The van der Waals surface area contributed by atoms with E-state index >= 15 is 0 Å². The first-order valence-electron chi connectivity index (χ1n) is 8.24. The van der Waals surface area contributed by atoms with E-state index in [0.29, 0.717) is 22.0 Å². The van der Waals surface area contributed by atoms with Gasteiger partial charge in [-0.15, -0.1) is 0 Å². The average molecular weight is 385 g/mol. The Labute approximate surface area is 159 Å². The number of nitrogens with one attached hydrogen (secondary N) is 1. The number of hydrogen-bond donors (Lipinski definition) is 2. The molecule has 1 amide bonds. The van der Waals surface area contributed by atoms with Crippen molar-refractivity contribution in [2.24, 2.45) is 0 Å². The van der Waals surface area contributed by atoms with Crippen LogP contribution >= 0.6 is 11.6 Å². The van der Waals surface area contributed by atoms with Gasteiger partial charge in [-0.25, -0.2) is 9.18 Å². The topological polar surface area (TPSA) is 71.3 Å². The fraction of sp³-hybridized carbons (Fsp3) is 0.100. The summed E-state index contributed by atoms with van der Waals surface area (Å²) in [7, 11) is 0. The number of carbonyl (C=O) groups is 2. The van der Waals surface area contributed by atoms with Crippen LogP contribution in [-0.2, 0) is 4.79 Å². The molecule has 5 nitrogen and oxygen atoms in total. The van der Waals surface area contributed by atoms with Crippen molar-refractivity contribution in [3.63, 3.8) is 0 Å². The second-order valence-electron chi connectivity index (χ2n) is 6.32. The van der Waals surface area contributed by atoms with E-state index < -0.39 is 17.7 Å². The fourth-order valence-corrected chi connectivity index (χ4v) is 3.65. The summed E-state index contributed by atoms with van der Waals surface area (Å²) in [6.07, 6.45) is 1.54. The number of amides is 1. The normalized spacial score (nSPS) is 15.9. The number of carboxylic acids is 1. The van der Waals surface area contributed by atoms with E-state index in [9.17, 15) is 19.1 Å².